The Hall–Kier alpha value is -1.17. The van der Waals surface area contributed by atoms with Crippen LogP contribution < -0.4 is 4.90 Å². The number of hydrogen-bond donors (Lipinski definition) is 3. The van der Waals surface area contributed by atoms with Crippen molar-refractivity contribution in [3.8, 4) is 0 Å². The minimum atomic E-state index is -0.808. The van der Waals surface area contributed by atoms with Gasteiger partial charge in [0.25, 0.3) is 0 Å². The van der Waals surface area contributed by atoms with Crippen molar-refractivity contribution in [3.05, 3.63) is 29.1 Å². The van der Waals surface area contributed by atoms with Crippen molar-refractivity contribution < 1.29 is 19.7 Å². The van der Waals surface area contributed by atoms with E-state index in [1.807, 2.05) is 0 Å². The molecule has 1 aliphatic rings. The zero-order valence-electron chi connectivity index (χ0n) is 10.5. The van der Waals surface area contributed by atoms with E-state index in [9.17, 15) is 19.7 Å². The molecule has 2 rings (SSSR count). The molecule has 1 aromatic rings. The summed E-state index contributed by atoms with van der Waals surface area (Å²) in [6.45, 7) is 3.78. The number of halogens is 1. The van der Waals surface area contributed by atoms with Gasteiger partial charge in [0.05, 0.1) is 18.3 Å². The van der Waals surface area contributed by atoms with E-state index in [-0.39, 0.29) is 18.9 Å². The molecule has 4 nitrogen and oxygen atoms in total. The van der Waals surface area contributed by atoms with E-state index in [1.165, 1.54) is 6.07 Å². The molecule has 0 bridgehead atoms. The summed E-state index contributed by atoms with van der Waals surface area (Å²) < 4.78 is 13.5. The molecule has 0 aromatic heterocycles. The van der Waals surface area contributed by atoms with Gasteiger partial charge in [-0.15, -0.1) is 0 Å². The number of aliphatic hydroxyl groups is 3. The molecular weight excluding hydrogens is 237 g/mol. The molecule has 1 heterocycles. The molecule has 1 saturated heterocycles. The smallest absolute Gasteiger partial charge is 0.126 e. The molecule has 3 unspecified atom stereocenters. The molecule has 5 heteroatoms. The summed E-state index contributed by atoms with van der Waals surface area (Å²) in [4.78, 5) is 1.77. The fourth-order valence-corrected chi connectivity index (χ4v) is 2.26. The van der Waals surface area contributed by atoms with E-state index in [2.05, 4.69) is 0 Å². The van der Waals surface area contributed by atoms with Crippen molar-refractivity contribution in [1.29, 1.82) is 0 Å². The van der Waals surface area contributed by atoms with Crippen LogP contribution in [-0.2, 0) is 0 Å². The average molecular weight is 255 g/mol. The largest absolute Gasteiger partial charge is 0.389 e. The highest BCUT2D eigenvalue weighted by Gasteiger charge is 2.31. The maximum atomic E-state index is 13.5. The molecule has 0 radical (unpaired) electrons. The van der Waals surface area contributed by atoms with Crippen LogP contribution in [0.1, 0.15) is 24.2 Å². The summed E-state index contributed by atoms with van der Waals surface area (Å²) >= 11 is 0. The minimum absolute atomic E-state index is 0.284. The summed E-state index contributed by atoms with van der Waals surface area (Å²) in [5.74, 6) is -0.366. The van der Waals surface area contributed by atoms with Crippen LogP contribution in [0.5, 0.6) is 0 Å². The maximum Gasteiger partial charge on any atom is 0.126 e. The number of rotatable bonds is 2. The number of aliphatic hydroxyl groups excluding tert-OH is 3. The van der Waals surface area contributed by atoms with Crippen molar-refractivity contribution in [2.24, 2.45) is 0 Å². The second kappa shape index (κ2) is 4.84. The van der Waals surface area contributed by atoms with E-state index in [1.54, 1.807) is 24.8 Å². The van der Waals surface area contributed by atoms with Crippen LogP contribution in [0.15, 0.2) is 12.1 Å². The van der Waals surface area contributed by atoms with Crippen LogP contribution in [-0.4, -0.2) is 40.6 Å². The zero-order chi connectivity index (χ0) is 13.4. The van der Waals surface area contributed by atoms with Crippen LogP contribution in [0.3, 0.4) is 0 Å². The lowest BCUT2D eigenvalue weighted by molar-refractivity contribution is 0.0572. The molecule has 3 atom stereocenters. The Morgan fingerprint density at radius 2 is 1.83 bits per heavy atom. The number of hydrogen-bond acceptors (Lipinski definition) is 4. The van der Waals surface area contributed by atoms with Gasteiger partial charge in [-0.1, -0.05) is 0 Å². The van der Waals surface area contributed by atoms with E-state index in [0.717, 1.165) is 0 Å². The van der Waals surface area contributed by atoms with Crippen molar-refractivity contribution in [1.82, 2.24) is 0 Å². The molecule has 1 aliphatic heterocycles. The molecule has 100 valence electrons. The number of anilines is 1. The molecule has 1 aromatic carbocycles. The molecule has 0 amide bonds. The van der Waals surface area contributed by atoms with Crippen LogP contribution in [0.25, 0.3) is 0 Å². The predicted octanol–water partition coefficient (Wildman–Crippen LogP) is 0.729. The van der Waals surface area contributed by atoms with E-state index in [4.69, 9.17) is 0 Å². The van der Waals surface area contributed by atoms with Gasteiger partial charge < -0.3 is 20.2 Å². The molecule has 0 spiro atoms. The fourth-order valence-electron chi connectivity index (χ4n) is 2.26. The van der Waals surface area contributed by atoms with E-state index < -0.39 is 18.3 Å². The molecule has 18 heavy (non-hydrogen) atoms. The minimum Gasteiger partial charge on any atom is -0.389 e. The van der Waals surface area contributed by atoms with Gasteiger partial charge in [0, 0.05) is 24.3 Å². The van der Waals surface area contributed by atoms with E-state index in [0.29, 0.717) is 16.8 Å². The number of β-amino-alcohol motifs (C(OH)–C–C–N with tert-alkyl or cyclic N) is 2. The average Bonchev–Trinajstić information content (AvgIpc) is 2.62. The molecule has 1 fully saturated rings. The maximum absolute atomic E-state index is 13.5. The summed E-state index contributed by atoms with van der Waals surface area (Å²) in [6, 6.07) is 2.95. The first-order valence-electron chi connectivity index (χ1n) is 5.99. The van der Waals surface area contributed by atoms with Crippen molar-refractivity contribution in [2.45, 2.75) is 32.2 Å². The third-order valence-electron chi connectivity index (χ3n) is 3.36. The first-order chi connectivity index (χ1) is 8.40. The summed E-state index contributed by atoms with van der Waals surface area (Å²) in [5.41, 5.74) is 1.61. The second-order valence-corrected chi connectivity index (χ2v) is 4.88. The summed E-state index contributed by atoms with van der Waals surface area (Å²) in [5, 5.41) is 28.8. The highest BCUT2D eigenvalue weighted by molar-refractivity contribution is 5.57. The third-order valence-corrected chi connectivity index (χ3v) is 3.36. The van der Waals surface area contributed by atoms with Crippen molar-refractivity contribution >= 4 is 5.69 Å². The van der Waals surface area contributed by atoms with Gasteiger partial charge in [-0.2, -0.15) is 0 Å². The summed E-state index contributed by atoms with van der Waals surface area (Å²) in [6.07, 6.45) is -2.42. The molecule has 3 N–H and O–H groups in total. The highest BCUT2D eigenvalue weighted by Crippen LogP contribution is 2.31. The Balaban J connectivity index is 2.40. The molecule has 0 aliphatic carbocycles. The SMILES string of the molecule is Cc1cc(N2CC(O)C(O)C2)c(C(C)O)cc1F. The number of nitrogens with zero attached hydrogens (tertiary/aromatic N) is 1. The van der Waals surface area contributed by atoms with Gasteiger partial charge in [-0.25, -0.2) is 4.39 Å². The monoisotopic (exact) mass is 255 g/mol. The fraction of sp³-hybridized carbons (Fsp3) is 0.538. The van der Waals surface area contributed by atoms with Gasteiger partial charge in [0.2, 0.25) is 0 Å². The first-order valence-corrected chi connectivity index (χ1v) is 5.99. The van der Waals surface area contributed by atoms with E-state index >= 15 is 0 Å². The van der Waals surface area contributed by atoms with Gasteiger partial charge in [-0.3, -0.25) is 0 Å². The Kier molecular flexibility index (Phi) is 3.56. The van der Waals surface area contributed by atoms with Crippen molar-refractivity contribution in [3.63, 3.8) is 0 Å². The van der Waals surface area contributed by atoms with Crippen LogP contribution in [0, 0.1) is 12.7 Å². The van der Waals surface area contributed by atoms with Gasteiger partial charge >= 0.3 is 0 Å². The van der Waals surface area contributed by atoms with Crippen molar-refractivity contribution in [2.75, 3.05) is 18.0 Å². The Labute approximate surface area is 105 Å². The lowest BCUT2D eigenvalue weighted by Gasteiger charge is -2.23. The van der Waals surface area contributed by atoms with Gasteiger partial charge in [-0.05, 0) is 31.5 Å². The third kappa shape index (κ3) is 2.34. The highest BCUT2D eigenvalue weighted by atomic mass is 19.1. The lowest BCUT2D eigenvalue weighted by atomic mass is 10.0. The predicted molar refractivity (Wildman–Crippen MR) is 66.0 cm³/mol. The quantitative estimate of drug-likeness (QED) is 0.729. The van der Waals surface area contributed by atoms with Gasteiger partial charge in [0.15, 0.2) is 0 Å². The number of benzene rings is 1. The Bertz CT molecular complexity index is 440. The van der Waals surface area contributed by atoms with Crippen LogP contribution in [0.4, 0.5) is 10.1 Å². The standard InChI is InChI=1S/C13H18FNO3/c1-7-3-11(9(8(2)16)4-10(7)14)15-5-12(17)13(18)6-15/h3-4,8,12-13,16-18H,5-6H2,1-2H3. The van der Waals surface area contributed by atoms with Gasteiger partial charge in [0.1, 0.15) is 5.82 Å². The topological polar surface area (TPSA) is 63.9 Å². The lowest BCUT2D eigenvalue weighted by Crippen LogP contribution is -2.23. The Morgan fingerprint density at radius 3 is 2.33 bits per heavy atom. The number of aryl methyl sites for hydroxylation is 1. The Morgan fingerprint density at radius 1 is 1.28 bits per heavy atom. The first kappa shape index (κ1) is 13.3. The second-order valence-electron chi connectivity index (χ2n) is 4.88. The normalized spacial score (nSPS) is 25.6. The van der Waals surface area contributed by atoms with Crippen LogP contribution >= 0.6 is 0 Å². The summed E-state index contributed by atoms with van der Waals surface area (Å²) in [7, 11) is 0. The zero-order valence-corrected chi connectivity index (χ0v) is 10.5. The van der Waals surface area contributed by atoms with Crippen LogP contribution in [0.2, 0.25) is 0 Å². The molecule has 0 saturated carbocycles. The molecular formula is C13H18FNO3.